The predicted molar refractivity (Wildman–Crippen MR) is 70.3 cm³/mol. The number of nitrogens with zero attached hydrogens (tertiary/aromatic N) is 1. The Labute approximate surface area is 112 Å². The van der Waals surface area contributed by atoms with Crippen molar-refractivity contribution >= 4 is 5.91 Å². The highest BCUT2D eigenvalue weighted by Gasteiger charge is 2.52. The number of aryl methyl sites for hydroxylation is 1. The molecule has 19 heavy (non-hydrogen) atoms. The highest BCUT2D eigenvalue weighted by atomic mass is 16.5. The van der Waals surface area contributed by atoms with Crippen LogP contribution in [0.3, 0.4) is 0 Å². The van der Waals surface area contributed by atoms with E-state index in [0.29, 0.717) is 18.8 Å². The summed E-state index contributed by atoms with van der Waals surface area (Å²) in [6.07, 6.45) is 3.99. The topological polar surface area (TPSA) is 77.2 Å². The molecule has 4 unspecified atom stereocenters. The summed E-state index contributed by atoms with van der Waals surface area (Å²) in [7, 11) is 0. The molecule has 1 aromatic rings. The van der Waals surface area contributed by atoms with Gasteiger partial charge in [-0.1, -0.05) is 6.07 Å². The number of nitrogens with two attached hydrogens (primary N) is 1. The van der Waals surface area contributed by atoms with E-state index in [2.05, 4.69) is 10.3 Å². The van der Waals surface area contributed by atoms with Crippen LogP contribution in [0.1, 0.15) is 18.5 Å². The first kappa shape index (κ1) is 12.6. The first-order valence-electron chi connectivity index (χ1n) is 6.82. The standard InChI is InChI=1S/C14H19N3O2/c15-12-10-6-8-19-14(10)13(12)17-11(18)5-4-9-3-1-2-7-16-9/h1-3,7,10,12-14H,4-6,8,15H2,(H,17,18). The fraction of sp³-hybridized carbons (Fsp3) is 0.571. The molecule has 1 aliphatic carbocycles. The molecule has 4 atom stereocenters. The molecule has 2 aliphatic rings. The van der Waals surface area contributed by atoms with Gasteiger partial charge in [0.05, 0.1) is 12.1 Å². The van der Waals surface area contributed by atoms with Gasteiger partial charge < -0.3 is 15.8 Å². The Morgan fingerprint density at radius 1 is 1.53 bits per heavy atom. The van der Waals surface area contributed by atoms with E-state index in [-0.39, 0.29) is 24.1 Å². The first-order valence-corrected chi connectivity index (χ1v) is 6.82. The zero-order chi connectivity index (χ0) is 13.2. The number of amides is 1. The summed E-state index contributed by atoms with van der Waals surface area (Å²) < 4.78 is 5.59. The Bertz CT molecular complexity index is 451. The molecule has 0 radical (unpaired) electrons. The van der Waals surface area contributed by atoms with Gasteiger partial charge >= 0.3 is 0 Å². The second kappa shape index (κ2) is 5.27. The lowest BCUT2D eigenvalue weighted by molar-refractivity contribution is -0.125. The van der Waals surface area contributed by atoms with Crippen LogP contribution in [0.2, 0.25) is 0 Å². The quantitative estimate of drug-likeness (QED) is 0.814. The van der Waals surface area contributed by atoms with Gasteiger partial charge in [-0.25, -0.2) is 0 Å². The number of rotatable bonds is 4. The SMILES string of the molecule is NC1C2CCOC2C1NC(=O)CCc1ccccn1. The Hall–Kier alpha value is -1.46. The van der Waals surface area contributed by atoms with E-state index < -0.39 is 0 Å². The van der Waals surface area contributed by atoms with Crippen molar-refractivity contribution in [2.45, 2.75) is 37.5 Å². The Balaban J connectivity index is 1.47. The van der Waals surface area contributed by atoms with E-state index in [1.165, 1.54) is 0 Å². The maximum absolute atomic E-state index is 11.9. The molecule has 0 spiro atoms. The smallest absolute Gasteiger partial charge is 0.220 e. The molecular formula is C14H19N3O2. The fourth-order valence-electron chi connectivity index (χ4n) is 2.97. The molecule has 0 bridgehead atoms. The molecule has 102 valence electrons. The van der Waals surface area contributed by atoms with Crippen LogP contribution in [0.4, 0.5) is 0 Å². The number of hydrogen-bond acceptors (Lipinski definition) is 4. The summed E-state index contributed by atoms with van der Waals surface area (Å²) in [5.74, 6) is 0.459. The number of ether oxygens (including phenoxy) is 1. The Morgan fingerprint density at radius 2 is 2.42 bits per heavy atom. The van der Waals surface area contributed by atoms with Crippen molar-refractivity contribution in [3.05, 3.63) is 30.1 Å². The van der Waals surface area contributed by atoms with Crippen LogP contribution in [-0.4, -0.2) is 35.7 Å². The third-order valence-electron chi connectivity index (χ3n) is 4.11. The highest BCUT2D eigenvalue weighted by Crippen LogP contribution is 2.37. The largest absolute Gasteiger partial charge is 0.376 e. The molecule has 1 amide bonds. The molecule has 5 nitrogen and oxygen atoms in total. The van der Waals surface area contributed by atoms with E-state index in [1.54, 1.807) is 6.20 Å². The van der Waals surface area contributed by atoms with Gasteiger partial charge in [-0.2, -0.15) is 0 Å². The highest BCUT2D eigenvalue weighted by molar-refractivity contribution is 5.76. The number of hydrogen-bond donors (Lipinski definition) is 2. The van der Waals surface area contributed by atoms with E-state index in [9.17, 15) is 4.79 Å². The fourth-order valence-corrected chi connectivity index (χ4v) is 2.97. The van der Waals surface area contributed by atoms with Gasteiger partial charge in [0.1, 0.15) is 0 Å². The lowest BCUT2D eigenvalue weighted by Gasteiger charge is -2.45. The Kier molecular flexibility index (Phi) is 3.48. The molecule has 5 heteroatoms. The van der Waals surface area contributed by atoms with Crippen molar-refractivity contribution in [3.63, 3.8) is 0 Å². The lowest BCUT2D eigenvalue weighted by atomic mass is 9.72. The first-order chi connectivity index (χ1) is 9.25. The molecule has 3 rings (SSSR count). The van der Waals surface area contributed by atoms with Crippen molar-refractivity contribution in [3.8, 4) is 0 Å². The number of carbonyl (C=O) groups is 1. The van der Waals surface area contributed by atoms with Gasteiger partial charge in [-0.3, -0.25) is 9.78 Å². The van der Waals surface area contributed by atoms with Crippen molar-refractivity contribution in [1.29, 1.82) is 0 Å². The number of pyridine rings is 1. The molecule has 2 fully saturated rings. The lowest BCUT2D eigenvalue weighted by Crippen LogP contribution is -2.68. The zero-order valence-electron chi connectivity index (χ0n) is 10.8. The van der Waals surface area contributed by atoms with E-state index in [1.807, 2.05) is 18.2 Å². The van der Waals surface area contributed by atoms with Crippen molar-refractivity contribution < 1.29 is 9.53 Å². The van der Waals surface area contributed by atoms with Crippen molar-refractivity contribution in [2.75, 3.05) is 6.61 Å². The van der Waals surface area contributed by atoms with E-state index in [0.717, 1.165) is 18.7 Å². The molecule has 0 aromatic carbocycles. The molecule has 1 aliphatic heterocycles. The summed E-state index contributed by atoms with van der Waals surface area (Å²) in [5, 5.41) is 2.99. The molecule has 1 saturated heterocycles. The van der Waals surface area contributed by atoms with Gasteiger partial charge in [0.25, 0.3) is 0 Å². The maximum atomic E-state index is 11.9. The second-order valence-corrected chi connectivity index (χ2v) is 5.28. The van der Waals surface area contributed by atoms with Crippen molar-refractivity contribution in [1.82, 2.24) is 10.3 Å². The van der Waals surface area contributed by atoms with Crippen LogP contribution >= 0.6 is 0 Å². The minimum Gasteiger partial charge on any atom is -0.376 e. The minimum atomic E-state index is -0.0104. The van der Waals surface area contributed by atoms with E-state index in [4.69, 9.17) is 10.5 Å². The summed E-state index contributed by atoms with van der Waals surface area (Å²) in [4.78, 5) is 16.1. The predicted octanol–water partition coefficient (Wildman–Crippen LogP) is 0.245. The van der Waals surface area contributed by atoms with Crippen LogP contribution in [0.25, 0.3) is 0 Å². The maximum Gasteiger partial charge on any atom is 0.220 e. The van der Waals surface area contributed by atoms with E-state index >= 15 is 0 Å². The summed E-state index contributed by atoms with van der Waals surface area (Å²) in [6, 6.07) is 5.77. The number of nitrogens with one attached hydrogen (secondary N) is 1. The van der Waals surface area contributed by atoms with Gasteiger partial charge in [-0.15, -0.1) is 0 Å². The summed E-state index contributed by atoms with van der Waals surface area (Å²) in [5.41, 5.74) is 6.99. The number of carbonyl (C=O) groups excluding carboxylic acids is 1. The second-order valence-electron chi connectivity index (χ2n) is 5.28. The van der Waals surface area contributed by atoms with Crippen LogP contribution in [0, 0.1) is 5.92 Å². The van der Waals surface area contributed by atoms with Gasteiger partial charge in [0.15, 0.2) is 0 Å². The third kappa shape index (κ3) is 2.48. The van der Waals surface area contributed by atoms with Crippen LogP contribution in [-0.2, 0) is 16.0 Å². The molecule has 1 saturated carbocycles. The van der Waals surface area contributed by atoms with Gasteiger partial charge in [0, 0.05) is 36.9 Å². The number of fused-ring (bicyclic) bond motifs is 1. The molecule has 2 heterocycles. The summed E-state index contributed by atoms with van der Waals surface area (Å²) >= 11 is 0. The average molecular weight is 261 g/mol. The average Bonchev–Trinajstić information content (AvgIpc) is 2.88. The van der Waals surface area contributed by atoms with Crippen LogP contribution in [0.5, 0.6) is 0 Å². The molecule has 3 N–H and O–H groups in total. The zero-order valence-corrected chi connectivity index (χ0v) is 10.8. The van der Waals surface area contributed by atoms with Gasteiger partial charge in [-0.05, 0) is 25.0 Å². The normalized spacial score (nSPS) is 32.5. The molecule has 1 aromatic heterocycles. The summed E-state index contributed by atoms with van der Waals surface area (Å²) in [6.45, 7) is 0.767. The number of aromatic nitrogens is 1. The van der Waals surface area contributed by atoms with Crippen LogP contribution < -0.4 is 11.1 Å². The Morgan fingerprint density at radius 3 is 3.21 bits per heavy atom. The minimum absolute atomic E-state index is 0.0104. The van der Waals surface area contributed by atoms with Crippen LogP contribution in [0.15, 0.2) is 24.4 Å². The van der Waals surface area contributed by atoms with Gasteiger partial charge in [0.2, 0.25) is 5.91 Å². The van der Waals surface area contributed by atoms with Crippen molar-refractivity contribution in [2.24, 2.45) is 11.7 Å². The monoisotopic (exact) mass is 261 g/mol. The third-order valence-corrected chi connectivity index (χ3v) is 4.11. The molecular weight excluding hydrogens is 242 g/mol.